The summed E-state index contributed by atoms with van der Waals surface area (Å²) in [5.74, 6) is 0. The van der Waals surface area contributed by atoms with Gasteiger partial charge in [-0.1, -0.05) is 0 Å². The van der Waals surface area contributed by atoms with E-state index in [-0.39, 0.29) is 24.4 Å². The first kappa shape index (κ1) is 12.1. The van der Waals surface area contributed by atoms with Crippen LogP contribution in [-0.4, -0.2) is 26.7 Å². The predicted molar refractivity (Wildman–Crippen MR) is 72.7 cm³/mol. The molecule has 0 N–H and O–H groups in total. The molecule has 2 aliphatic rings. The Labute approximate surface area is 117 Å². The molecule has 0 bridgehead atoms. The highest BCUT2D eigenvalue weighted by Crippen LogP contribution is 2.42. The number of hydrogen-bond acceptors (Lipinski definition) is 4. The standard InChI is InChI=1S/C15H17N3O2/c1-8-6-18(7-16-8)11-4-12(14-9(2)19-14)17-13(5-11)15-10(3)20-15/h4-7,9-10,14-15H,1-3H3. The summed E-state index contributed by atoms with van der Waals surface area (Å²) in [5.41, 5.74) is 4.03. The number of aryl methyl sites for hydroxylation is 1. The summed E-state index contributed by atoms with van der Waals surface area (Å²) in [6.45, 7) is 6.12. The lowest BCUT2D eigenvalue weighted by Crippen LogP contribution is -2.01. The zero-order chi connectivity index (χ0) is 13.9. The molecule has 2 aliphatic heterocycles. The van der Waals surface area contributed by atoms with Crippen LogP contribution in [0.25, 0.3) is 5.69 Å². The van der Waals surface area contributed by atoms with Gasteiger partial charge in [0.2, 0.25) is 0 Å². The van der Waals surface area contributed by atoms with E-state index in [0.29, 0.717) is 0 Å². The lowest BCUT2D eigenvalue weighted by molar-refractivity contribution is 0.373. The number of epoxide rings is 2. The Morgan fingerprint density at radius 1 is 1.05 bits per heavy atom. The molecule has 104 valence electrons. The van der Waals surface area contributed by atoms with Gasteiger partial charge in [-0.2, -0.15) is 0 Å². The third-order valence-electron chi connectivity index (χ3n) is 3.86. The first-order valence-electron chi connectivity index (χ1n) is 6.95. The van der Waals surface area contributed by atoms with Crippen molar-refractivity contribution >= 4 is 0 Å². The van der Waals surface area contributed by atoms with Gasteiger partial charge in [0.1, 0.15) is 12.2 Å². The molecule has 0 spiro atoms. The van der Waals surface area contributed by atoms with E-state index < -0.39 is 0 Å². The van der Waals surface area contributed by atoms with Gasteiger partial charge in [-0.25, -0.2) is 4.98 Å². The van der Waals surface area contributed by atoms with Gasteiger partial charge in [0.15, 0.2) is 0 Å². The maximum absolute atomic E-state index is 5.55. The average Bonchev–Trinajstić information content (AvgIpc) is 3.29. The van der Waals surface area contributed by atoms with Crippen molar-refractivity contribution in [2.75, 3.05) is 0 Å². The van der Waals surface area contributed by atoms with Crippen molar-refractivity contribution in [3.05, 3.63) is 41.7 Å². The van der Waals surface area contributed by atoms with E-state index in [1.807, 2.05) is 24.0 Å². The van der Waals surface area contributed by atoms with E-state index in [9.17, 15) is 0 Å². The predicted octanol–water partition coefficient (Wildman–Crippen LogP) is 2.50. The molecule has 0 saturated carbocycles. The molecule has 2 saturated heterocycles. The van der Waals surface area contributed by atoms with Crippen molar-refractivity contribution in [1.82, 2.24) is 14.5 Å². The summed E-state index contributed by atoms with van der Waals surface area (Å²) in [5, 5.41) is 0. The largest absolute Gasteiger partial charge is 0.363 e. The smallest absolute Gasteiger partial charge is 0.126 e. The Balaban J connectivity index is 1.77. The van der Waals surface area contributed by atoms with Crippen LogP contribution in [0.5, 0.6) is 0 Å². The van der Waals surface area contributed by atoms with Gasteiger partial charge in [0.25, 0.3) is 0 Å². The third-order valence-corrected chi connectivity index (χ3v) is 3.86. The van der Waals surface area contributed by atoms with Crippen LogP contribution in [0.3, 0.4) is 0 Å². The number of nitrogens with zero attached hydrogens (tertiary/aromatic N) is 3. The van der Waals surface area contributed by atoms with Crippen LogP contribution in [0.2, 0.25) is 0 Å². The minimum Gasteiger partial charge on any atom is -0.363 e. The molecule has 20 heavy (non-hydrogen) atoms. The highest BCUT2D eigenvalue weighted by atomic mass is 16.6. The van der Waals surface area contributed by atoms with Crippen LogP contribution in [0, 0.1) is 6.92 Å². The van der Waals surface area contributed by atoms with E-state index >= 15 is 0 Å². The summed E-state index contributed by atoms with van der Waals surface area (Å²) in [6.07, 6.45) is 4.59. The number of rotatable bonds is 3. The first-order valence-corrected chi connectivity index (χ1v) is 6.95. The van der Waals surface area contributed by atoms with Crippen molar-refractivity contribution in [3.63, 3.8) is 0 Å². The average molecular weight is 271 g/mol. The zero-order valence-corrected chi connectivity index (χ0v) is 11.8. The lowest BCUT2D eigenvalue weighted by Gasteiger charge is -2.07. The molecule has 0 amide bonds. The van der Waals surface area contributed by atoms with Crippen LogP contribution in [0.1, 0.15) is 43.1 Å². The molecular formula is C15H17N3O2. The van der Waals surface area contributed by atoms with Gasteiger partial charge in [-0.3, -0.25) is 4.98 Å². The van der Waals surface area contributed by atoms with E-state index in [4.69, 9.17) is 14.5 Å². The zero-order valence-electron chi connectivity index (χ0n) is 11.8. The number of hydrogen-bond donors (Lipinski definition) is 0. The number of pyridine rings is 1. The van der Waals surface area contributed by atoms with Crippen LogP contribution < -0.4 is 0 Å². The molecule has 5 heteroatoms. The normalized spacial score (nSPS) is 31.4. The maximum Gasteiger partial charge on any atom is 0.126 e. The Hall–Kier alpha value is -1.72. The van der Waals surface area contributed by atoms with E-state index in [0.717, 1.165) is 22.8 Å². The molecule has 0 aliphatic carbocycles. The Kier molecular flexibility index (Phi) is 2.49. The summed E-state index contributed by atoms with van der Waals surface area (Å²) >= 11 is 0. The summed E-state index contributed by atoms with van der Waals surface area (Å²) in [7, 11) is 0. The molecule has 4 rings (SSSR count). The fraction of sp³-hybridized carbons (Fsp3) is 0.467. The highest BCUT2D eigenvalue weighted by molar-refractivity contribution is 5.39. The molecule has 5 nitrogen and oxygen atoms in total. The fourth-order valence-corrected chi connectivity index (χ4v) is 2.55. The first-order chi connectivity index (χ1) is 9.61. The van der Waals surface area contributed by atoms with Gasteiger partial charge < -0.3 is 14.0 Å². The molecule has 4 heterocycles. The second kappa shape index (κ2) is 4.14. The molecule has 2 aromatic heterocycles. The van der Waals surface area contributed by atoms with Crippen LogP contribution in [0.4, 0.5) is 0 Å². The Morgan fingerprint density at radius 3 is 2.00 bits per heavy atom. The Morgan fingerprint density at radius 2 is 1.60 bits per heavy atom. The second-order valence-electron chi connectivity index (χ2n) is 5.62. The number of imidazole rings is 1. The van der Waals surface area contributed by atoms with Gasteiger partial charge in [-0.05, 0) is 32.9 Å². The lowest BCUT2D eigenvalue weighted by atomic mass is 10.1. The van der Waals surface area contributed by atoms with Gasteiger partial charge in [0, 0.05) is 6.20 Å². The highest BCUT2D eigenvalue weighted by Gasteiger charge is 2.41. The molecule has 0 aromatic carbocycles. The minimum atomic E-state index is 0.118. The summed E-state index contributed by atoms with van der Waals surface area (Å²) in [4.78, 5) is 8.99. The van der Waals surface area contributed by atoms with Crippen molar-refractivity contribution in [3.8, 4) is 5.69 Å². The number of aromatic nitrogens is 3. The molecule has 2 fully saturated rings. The van der Waals surface area contributed by atoms with Crippen molar-refractivity contribution < 1.29 is 9.47 Å². The fourth-order valence-electron chi connectivity index (χ4n) is 2.55. The SMILES string of the molecule is Cc1cn(-c2cc(C3OC3C)nc(C3OC3C)c2)cn1. The van der Waals surface area contributed by atoms with Crippen molar-refractivity contribution in [2.45, 2.75) is 45.2 Å². The molecule has 4 unspecified atom stereocenters. The van der Waals surface area contributed by atoms with Crippen molar-refractivity contribution in [2.24, 2.45) is 0 Å². The van der Waals surface area contributed by atoms with Crippen LogP contribution >= 0.6 is 0 Å². The van der Waals surface area contributed by atoms with Gasteiger partial charge >= 0.3 is 0 Å². The van der Waals surface area contributed by atoms with Crippen LogP contribution in [-0.2, 0) is 9.47 Å². The van der Waals surface area contributed by atoms with E-state index in [1.165, 1.54) is 0 Å². The summed E-state index contributed by atoms with van der Waals surface area (Å²) < 4.78 is 13.1. The topological polar surface area (TPSA) is 55.8 Å². The monoisotopic (exact) mass is 271 g/mol. The molecule has 2 aromatic rings. The molecular weight excluding hydrogens is 254 g/mol. The van der Waals surface area contributed by atoms with Gasteiger partial charge in [-0.15, -0.1) is 0 Å². The van der Waals surface area contributed by atoms with Crippen LogP contribution in [0.15, 0.2) is 24.7 Å². The minimum absolute atomic E-state index is 0.118. The third kappa shape index (κ3) is 2.03. The maximum atomic E-state index is 5.55. The number of ether oxygens (including phenoxy) is 2. The van der Waals surface area contributed by atoms with Gasteiger partial charge in [0.05, 0.1) is 41.3 Å². The quantitative estimate of drug-likeness (QED) is 0.805. The molecule has 0 radical (unpaired) electrons. The van der Waals surface area contributed by atoms with E-state index in [2.05, 4.69) is 31.0 Å². The molecule has 4 atom stereocenters. The second-order valence-corrected chi connectivity index (χ2v) is 5.62. The van der Waals surface area contributed by atoms with Crippen molar-refractivity contribution in [1.29, 1.82) is 0 Å². The Bertz CT molecular complexity index is 633. The van der Waals surface area contributed by atoms with E-state index in [1.54, 1.807) is 0 Å². The summed E-state index contributed by atoms with van der Waals surface area (Å²) in [6, 6.07) is 4.15.